The molecule has 0 unspecified atom stereocenters. The molecule has 1 saturated carbocycles. The lowest BCUT2D eigenvalue weighted by Crippen LogP contribution is -2.27. The van der Waals surface area contributed by atoms with Crippen LogP contribution >= 0.6 is 0 Å². The van der Waals surface area contributed by atoms with Gasteiger partial charge in [-0.25, -0.2) is 0 Å². The van der Waals surface area contributed by atoms with Crippen LogP contribution in [-0.2, 0) is 7.05 Å². The number of rotatable bonds is 4. The first-order valence-electron chi connectivity index (χ1n) is 9.33. The number of benzene rings is 1. The van der Waals surface area contributed by atoms with Crippen molar-refractivity contribution in [2.24, 2.45) is 7.05 Å². The van der Waals surface area contributed by atoms with Crippen LogP contribution < -0.4 is 5.32 Å². The third kappa shape index (κ3) is 3.47. The van der Waals surface area contributed by atoms with E-state index in [1.54, 1.807) is 6.33 Å². The summed E-state index contributed by atoms with van der Waals surface area (Å²) in [5.74, 6) is 1.43. The van der Waals surface area contributed by atoms with E-state index in [9.17, 15) is 0 Å². The Labute approximate surface area is 154 Å². The second-order valence-corrected chi connectivity index (χ2v) is 7.26. The number of hydrogen-bond donors (Lipinski definition) is 1. The molecular formula is C21H25N5. The van der Waals surface area contributed by atoms with Crippen molar-refractivity contribution in [1.29, 1.82) is 0 Å². The molecule has 0 spiro atoms. The second-order valence-electron chi connectivity index (χ2n) is 7.26. The zero-order chi connectivity index (χ0) is 17.9. The molecule has 5 nitrogen and oxygen atoms in total. The maximum absolute atomic E-state index is 4.66. The summed E-state index contributed by atoms with van der Waals surface area (Å²) in [7, 11) is 1.97. The molecule has 134 valence electrons. The number of hydrogen-bond acceptors (Lipinski definition) is 4. The summed E-state index contributed by atoms with van der Waals surface area (Å²) >= 11 is 0. The Kier molecular flexibility index (Phi) is 4.69. The molecule has 4 rings (SSSR count). The van der Waals surface area contributed by atoms with Gasteiger partial charge < -0.3 is 9.88 Å². The average molecular weight is 347 g/mol. The number of pyridine rings is 1. The van der Waals surface area contributed by atoms with Gasteiger partial charge in [-0.05, 0) is 49.9 Å². The summed E-state index contributed by atoms with van der Waals surface area (Å²) in [4.78, 5) is 4.66. The normalized spacial score (nSPS) is 20.1. The molecule has 5 heteroatoms. The third-order valence-electron chi connectivity index (χ3n) is 5.31. The molecule has 1 aliphatic rings. The van der Waals surface area contributed by atoms with Crippen molar-refractivity contribution in [2.75, 3.05) is 5.32 Å². The molecule has 1 aromatic carbocycles. The predicted octanol–water partition coefficient (Wildman–Crippen LogP) is 4.32. The Balaban J connectivity index is 1.49. The molecule has 1 fully saturated rings. The van der Waals surface area contributed by atoms with Crippen LogP contribution in [0.5, 0.6) is 0 Å². The minimum Gasteiger partial charge on any atom is -0.382 e. The van der Waals surface area contributed by atoms with Gasteiger partial charge in [-0.3, -0.25) is 4.98 Å². The van der Waals surface area contributed by atoms with E-state index >= 15 is 0 Å². The van der Waals surface area contributed by atoms with Gasteiger partial charge in [-0.15, -0.1) is 10.2 Å². The highest BCUT2D eigenvalue weighted by atomic mass is 15.2. The fourth-order valence-corrected chi connectivity index (χ4v) is 4.02. The van der Waals surface area contributed by atoms with Crippen molar-refractivity contribution in [3.05, 3.63) is 60.2 Å². The number of nitrogens with zero attached hydrogens (tertiary/aromatic N) is 4. The van der Waals surface area contributed by atoms with Gasteiger partial charge in [0, 0.05) is 42.1 Å². The lowest BCUT2D eigenvalue weighted by atomic mass is 9.82. The molecule has 0 saturated heterocycles. The van der Waals surface area contributed by atoms with Crippen molar-refractivity contribution >= 4 is 5.69 Å². The lowest BCUT2D eigenvalue weighted by molar-refractivity contribution is 0.404. The van der Waals surface area contributed by atoms with E-state index in [1.165, 1.54) is 30.5 Å². The van der Waals surface area contributed by atoms with E-state index in [0.29, 0.717) is 12.0 Å². The summed E-state index contributed by atoms with van der Waals surface area (Å²) in [6.07, 6.45) is 8.46. The van der Waals surface area contributed by atoms with Crippen LogP contribution in [-0.4, -0.2) is 25.8 Å². The largest absolute Gasteiger partial charge is 0.382 e. The fourth-order valence-electron chi connectivity index (χ4n) is 4.02. The minimum absolute atomic E-state index is 0.477. The number of nitrogens with one attached hydrogen (secondary N) is 1. The van der Waals surface area contributed by atoms with Crippen LogP contribution in [0.25, 0.3) is 11.4 Å². The van der Waals surface area contributed by atoms with Gasteiger partial charge in [-0.1, -0.05) is 24.6 Å². The molecule has 1 N–H and O–H groups in total. The van der Waals surface area contributed by atoms with E-state index in [-0.39, 0.29) is 0 Å². The van der Waals surface area contributed by atoms with Crippen molar-refractivity contribution in [3.63, 3.8) is 0 Å². The van der Waals surface area contributed by atoms with Crippen LogP contribution in [0, 0.1) is 6.92 Å². The van der Waals surface area contributed by atoms with Crippen LogP contribution in [0.2, 0.25) is 0 Å². The molecular weight excluding hydrogens is 322 g/mol. The van der Waals surface area contributed by atoms with Crippen LogP contribution in [0.3, 0.4) is 0 Å². The highest BCUT2D eigenvalue weighted by molar-refractivity contribution is 5.62. The fraction of sp³-hybridized carbons (Fsp3) is 0.381. The number of aryl methyl sites for hydroxylation is 2. The van der Waals surface area contributed by atoms with Crippen LogP contribution in [0.15, 0.2) is 48.9 Å². The molecule has 26 heavy (non-hydrogen) atoms. The highest BCUT2D eigenvalue weighted by Crippen LogP contribution is 2.34. The van der Waals surface area contributed by atoms with Gasteiger partial charge in [0.25, 0.3) is 0 Å². The molecule has 3 aromatic rings. The van der Waals surface area contributed by atoms with E-state index < -0.39 is 0 Å². The van der Waals surface area contributed by atoms with Gasteiger partial charge in [0.2, 0.25) is 0 Å². The Morgan fingerprint density at radius 3 is 2.88 bits per heavy atom. The molecule has 0 bridgehead atoms. The maximum atomic E-state index is 4.66. The van der Waals surface area contributed by atoms with E-state index in [4.69, 9.17) is 0 Å². The Hall–Kier alpha value is -2.69. The monoisotopic (exact) mass is 347 g/mol. The van der Waals surface area contributed by atoms with E-state index in [2.05, 4.69) is 57.8 Å². The first-order valence-corrected chi connectivity index (χ1v) is 9.33. The average Bonchev–Trinajstić information content (AvgIpc) is 3.09. The number of aromatic nitrogens is 4. The highest BCUT2D eigenvalue weighted by Gasteiger charge is 2.25. The minimum atomic E-state index is 0.477. The summed E-state index contributed by atoms with van der Waals surface area (Å²) in [6, 6.07) is 13.1. The smallest absolute Gasteiger partial charge is 0.163 e. The third-order valence-corrected chi connectivity index (χ3v) is 5.31. The number of anilines is 1. The Morgan fingerprint density at radius 2 is 2.08 bits per heavy atom. The van der Waals surface area contributed by atoms with Crippen molar-refractivity contribution in [3.8, 4) is 11.4 Å². The van der Waals surface area contributed by atoms with Gasteiger partial charge in [0.15, 0.2) is 5.82 Å². The van der Waals surface area contributed by atoms with Gasteiger partial charge in [0.05, 0.1) is 0 Å². The molecule has 0 amide bonds. The quantitative estimate of drug-likeness (QED) is 0.763. The first kappa shape index (κ1) is 16.8. The van der Waals surface area contributed by atoms with Gasteiger partial charge in [-0.2, -0.15) is 0 Å². The van der Waals surface area contributed by atoms with Gasteiger partial charge in [0.1, 0.15) is 6.33 Å². The molecule has 2 heterocycles. The summed E-state index contributed by atoms with van der Waals surface area (Å²) in [6.45, 7) is 2.17. The standard InChI is InChI=1S/C21H25N5/c1-15-6-5-11-22-20(15)16-7-3-9-18(12-16)24-19-10-4-8-17(13-19)21-25-23-14-26(21)2/h4-6,8,10-11,13-14,16,18,24H,3,7,9,12H2,1-2H3/t16-,18+/m0/s1. The lowest BCUT2D eigenvalue weighted by Gasteiger charge is -2.31. The van der Waals surface area contributed by atoms with E-state index in [1.807, 2.05) is 23.9 Å². The van der Waals surface area contributed by atoms with Gasteiger partial charge >= 0.3 is 0 Å². The Bertz CT molecular complexity index is 885. The van der Waals surface area contributed by atoms with Crippen molar-refractivity contribution in [2.45, 2.75) is 44.6 Å². The Morgan fingerprint density at radius 1 is 1.15 bits per heavy atom. The zero-order valence-electron chi connectivity index (χ0n) is 15.4. The van der Waals surface area contributed by atoms with E-state index in [0.717, 1.165) is 23.5 Å². The molecule has 0 aliphatic heterocycles. The zero-order valence-corrected chi connectivity index (χ0v) is 15.4. The SMILES string of the molecule is Cc1cccnc1[C@H]1CCC[C@@H](Nc2cccc(-c3nncn3C)c2)C1. The van der Waals surface area contributed by atoms with Crippen molar-refractivity contribution in [1.82, 2.24) is 19.7 Å². The summed E-state index contributed by atoms with van der Waals surface area (Å²) in [5, 5.41) is 11.9. The molecule has 0 radical (unpaired) electrons. The van der Waals surface area contributed by atoms with Crippen LogP contribution in [0.4, 0.5) is 5.69 Å². The summed E-state index contributed by atoms with van der Waals surface area (Å²) in [5.41, 5.74) is 4.81. The topological polar surface area (TPSA) is 55.6 Å². The molecule has 2 atom stereocenters. The van der Waals surface area contributed by atoms with Crippen LogP contribution in [0.1, 0.15) is 42.9 Å². The predicted molar refractivity (Wildman–Crippen MR) is 104 cm³/mol. The molecule has 2 aromatic heterocycles. The molecule has 1 aliphatic carbocycles. The first-order chi connectivity index (χ1) is 12.7. The van der Waals surface area contributed by atoms with Crippen molar-refractivity contribution < 1.29 is 0 Å². The second kappa shape index (κ2) is 7.28. The maximum Gasteiger partial charge on any atom is 0.163 e. The summed E-state index contributed by atoms with van der Waals surface area (Å²) < 4.78 is 1.94.